The van der Waals surface area contributed by atoms with Gasteiger partial charge in [0.15, 0.2) is 0 Å². The average Bonchev–Trinajstić information content (AvgIpc) is 2.04. The maximum atomic E-state index is 5.64. The lowest BCUT2D eigenvalue weighted by Crippen LogP contribution is -1.83. The molecule has 0 radical (unpaired) electrons. The number of hydrogen-bond acceptors (Lipinski definition) is 3. The predicted octanol–water partition coefficient (Wildman–Crippen LogP) is 2.43. The second-order valence-electron chi connectivity index (χ2n) is 1.87. The smallest absolute Gasteiger partial charge is 0.0983 e. The molecule has 1 rings (SSSR count). The van der Waals surface area contributed by atoms with E-state index in [0.29, 0.717) is 11.0 Å². The molecule has 0 N–H and O–H groups in total. The summed E-state index contributed by atoms with van der Waals surface area (Å²) in [6.45, 7) is 0. The minimum Gasteiger partial charge on any atom is -0.374 e. The third kappa shape index (κ3) is 3.10. The van der Waals surface area contributed by atoms with Crippen molar-refractivity contribution in [3.05, 3.63) is 23.4 Å². The molecule has 1 heterocycles. The number of halogens is 1. The van der Waals surface area contributed by atoms with Gasteiger partial charge in [-0.2, -0.15) is 0 Å². The summed E-state index contributed by atoms with van der Waals surface area (Å²) in [6, 6.07) is 3.68. The first kappa shape index (κ1) is 8.84. The van der Waals surface area contributed by atoms with E-state index in [-0.39, 0.29) is 0 Å². The van der Waals surface area contributed by atoms with Crippen molar-refractivity contribution in [2.45, 2.75) is 5.03 Å². The van der Waals surface area contributed by atoms with Crippen LogP contribution in [0.2, 0.25) is 5.02 Å². The summed E-state index contributed by atoms with van der Waals surface area (Å²) < 4.78 is 4.87. The molecule has 1 aromatic rings. The maximum absolute atomic E-state index is 5.64. The normalized spacial score (nSPS) is 10.0. The molecule has 0 saturated heterocycles. The van der Waals surface area contributed by atoms with Crippen LogP contribution in [-0.4, -0.2) is 18.0 Å². The number of hydrogen-bond donors (Lipinski definition) is 0. The number of ether oxygens (including phenoxy) is 1. The highest BCUT2D eigenvalue weighted by molar-refractivity contribution is 7.99. The van der Waals surface area contributed by atoms with Crippen LogP contribution in [0, 0.1) is 0 Å². The molecular weight excluding hydrogens is 182 g/mol. The van der Waals surface area contributed by atoms with Crippen molar-refractivity contribution in [2.24, 2.45) is 0 Å². The van der Waals surface area contributed by atoms with E-state index in [4.69, 9.17) is 16.3 Å². The Morgan fingerprint density at radius 2 is 2.45 bits per heavy atom. The Morgan fingerprint density at radius 1 is 1.64 bits per heavy atom. The summed E-state index contributed by atoms with van der Waals surface area (Å²) in [5.74, 6) is 0.620. The Kier molecular flexibility index (Phi) is 3.69. The first-order valence-electron chi connectivity index (χ1n) is 3.06. The zero-order valence-corrected chi connectivity index (χ0v) is 7.65. The van der Waals surface area contributed by atoms with Crippen LogP contribution in [0.5, 0.6) is 0 Å². The highest BCUT2D eigenvalue weighted by atomic mass is 35.5. The van der Waals surface area contributed by atoms with Crippen LogP contribution in [0.25, 0.3) is 0 Å². The molecule has 0 aliphatic carbocycles. The van der Waals surface area contributed by atoms with Gasteiger partial charge in [0.2, 0.25) is 0 Å². The predicted molar refractivity (Wildman–Crippen MR) is 47.0 cm³/mol. The quantitative estimate of drug-likeness (QED) is 0.539. The minimum atomic E-state index is 0.620. The standard InChI is InChI=1S/C7H8ClNOS/c1-10-5-11-7-3-2-6(8)4-9-7/h2-4H,5H2,1H3. The Balaban J connectivity index is 2.52. The molecule has 0 saturated carbocycles. The summed E-state index contributed by atoms with van der Waals surface area (Å²) in [6.07, 6.45) is 1.62. The van der Waals surface area contributed by atoms with Crippen LogP contribution in [0.4, 0.5) is 0 Å². The molecular formula is C7H8ClNOS. The maximum Gasteiger partial charge on any atom is 0.0983 e. The van der Waals surface area contributed by atoms with Crippen LogP contribution in [0.15, 0.2) is 23.4 Å². The summed E-state index contributed by atoms with van der Waals surface area (Å²) in [7, 11) is 1.66. The highest BCUT2D eigenvalue weighted by Crippen LogP contribution is 2.16. The van der Waals surface area contributed by atoms with Crippen molar-refractivity contribution in [2.75, 3.05) is 13.0 Å². The number of thioether (sulfide) groups is 1. The van der Waals surface area contributed by atoms with Crippen LogP contribution in [0.1, 0.15) is 0 Å². The molecule has 0 fully saturated rings. The van der Waals surface area contributed by atoms with E-state index in [9.17, 15) is 0 Å². The molecule has 0 bridgehead atoms. The topological polar surface area (TPSA) is 22.1 Å². The number of methoxy groups -OCH3 is 1. The number of pyridine rings is 1. The zero-order chi connectivity index (χ0) is 8.10. The Labute approximate surface area is 74.9 Å². The van der Waals surface area contributed by atoms with E-state index < -0.39 is 0 Å². The molecule has 4 heteroatoms. The van der Waals surface area contributed by atoms with E-state index >= 15 is 0 Å². The van der Waals surface area contributed by atoms with Gasteiger partial charge >= 0.3 is 0 Å². The molecule has 0 aromatic carbocycles. The number of aromatic nitrogens is 1. The average molecular weight is 190 g/mol. The van der Waals surface area contributed by atoms with Gasteiger partial charge in [0.05, 0.1) is 16.0 Å². The lowest BCUT2D eigenvalue weighted by Gasteiger charge is -1.97. The van der Waals surface area contributed by atoms with Gasteiger partial charge in [0.1, 0.15) is 0 Å². The molecule has 60 valence electrons. The second kappa shape index (κ2) is 4.59. The highest BCUT2D eigenvalue weighted by Gasteiger charge is 1.93. The zero-order valence-electron chi connectivity index (χ0n) is 6.08. The van der Waals surface area contributed by atoms with Gasteiger partial charge in [-0.3, -0.25) is 0 Å². The van der Waals surface area contributed by atoms with Crippen LogP contribution >= 0.6 is 23.4 Å². The second-order valence-corrected chi connectivity index (χ2v) is 3.24. The van der Waals surface area contributed by atoms with Gasteiger partial charge in [0, 0.05) is 13.3 Å². The van der Waals surface area contributed by atoms with Gasteiger partial charge in [0.25, 0.3) is 0 Å². The summed E-state index contributed by atoms with van der Waals surface area (Å²) in [5.41, 5.74) is 0. The molecule has 0 unspecified atom stereocenters. The lowest BCUT2D eigenvalue weighted by atomic mass is 10.5. The monoisotopic (exact) mass is 189 g/mol. The summed E-state index contributed by atoms with van der Waals surface area (Å²) >= 11 is 7.18. The number of nitrogens with zero attached hydrogens (tertiary/aromatic N) is 1. The third-order valence-electron chi connectivity index (χ3n) is 1.02. The molecule has 1 aromatic heterocycles. The van der Waals surface area contributed by atoms with Crippen molar-refractivity contribution < 1.29 is 4.74 Å². The largest absolute Gasteiger partial charge is 0.374 e. The number of rotatable bonds is 3. The fourth-order valence-corrected chi connectivity index (χ4v) is 1.21. The third-order valence-corrected chi connectivity index (χ3v) is 2.14. The van der Waals surface area contributed by atoms with Crippen LogP contribution < -0.4 is 0 Å². The van der Waals surface area contributed by atoms with Gasteiger partial charge < -0.3 is 4.74 Å². The van der Waals surface area contributed by atoms with E-state index in [0.717, 1.165) is 5.03 Å². The molecule has 0 amide bonds. The van der Waals surface area contributed by atoms with Gasteiger partial charge in [-0.15, -0.1) is 0 Å². The fourth-order valence-electron chi connectivity index (χ4n) is 0.567. The van der Waals surface area contributed by atoms with Crippen molar-refractivity contribution >= 4 is 23.4 Å². The van der Waals surface area contributed by atoms with Crippen molar-refractivity contribution in [3.8, 4) is 0 Å². The van der Waals surface area contributed by atoms with Crippen molar-refractivity contribution in [1.82, 2.24) is 4.98 Å². The van der Waals surface area contributed by atoms with Crippen LogP contribution in [0.3, 0.4) is 0 Å². The van der Waals surface area contributed by atoms with E-state index in [2.05, 4.69) is 4.98 Å². The Bertz CT molecular complexity index is 214. The Hall–Kier alpha value is -0.250. The van der Waals surface area contributed by atoms with Crippen molar-refractivity contribution in [3.63, 3.8) is 0 Å². The molecule has 0 atom stereocenters. The minimum absolute atomic E-state index is 0.620. The molecule has 0 aliphatic rings. The van der Waals surface area contributed by atoms with Crippen molar-refractivity contribution in [1.29, 1.82) is 0 Å². The van der Waals surface area contributed by atoms with Gasteiger partial charge in [-0.1, -0.05) is 23.4 Å². The van der Waals surface area contributed by atoms with Crippen LogP contribution in [-0.2, 0) is 4.74 Å². The molecule has 11 heavy (non-hydrogen) atoms. The fraction of sp³-hybridized carbons (Fsp3) is 0.286. The Morgan fingerprint density at radius 3 is 3.00 bits per heavy atom. The lowest BCUT2D eigenvalue weighted by molar-refractivity contribution is 0.258. The van der Waals surface area contributed by atoms with Gasteiger partial charge in [-0.25, -0.2) is 4.98 Å². The van der Waals surface area contributed by atoms with E-state index in [1.807, 2.05) is 12.1 Å². The molecule has 0 aliphatic heterocycles. The van der Waals surface area contributed by atoms with Gasteiger partial charge in [-0.05, 0) is 12.1 Å². The van der Waals surface area contributed by atoms with E-state index in [1.54, 1.807) is 13.3 Å². The molecule has 0 spiro atoms. The van der Waals surface area contributed by atoms with E-state index in [1.165, 1.54) is 11.8 Å². The summed E-state index contributed by atoms with van der Waals surface area (Å²) in [4.78, 5) is 4.07. The SMILES string of the molecule is COCSc1ccc(Cl)cn1. The first-order valence-corrected chi connectivity index (χ1v) is 4.42. The summed E-state index contributed by atoms with van der Waals surface area (Å²) in [5, 5.41) is 1.59. The molecule has 2 nitrogen and oxygen atoms in total. The first-order chi connectivity index (χ1) is 5.33.